The van der Waals surface area contributed by atoms with Crippen LogP contribution >= 0.6 is 0 Å². The Morgan fingerprint density at radius 3 is 2.68 bits per heavy atom. The lowest BCUT2D eigenvalue weighted by Gasteiger charge is -2.22. The third kappa shape index (κ3) is 4.54. The third-order valence-corrected chi connectivity index (χ3v) is 4.48. The number of nitrogens with two attached hydrogens (primary N) is 1. The molecule has 3 atom stereocenters. The maximum Gasteiger partial charge on any atom is 0.129 e. The summed E-state index contributed by atoms with van der Waals surface area (Å²) < 4.78 is 31.5. The summed E-state index contributed by atoms with van der Waals surface area (Å²) in [6.45, 7) is 0.286. The Kier molecular flexibility index (Phi) is 5.63. The van der Waals surface area contributed by atoms with Crippen LogP contribution in [0.15, 0.2) is 42.5 Å². The van der Waals surface area contributed by atoms with Crippen LogP contribution in [0.25, 0.3) is 0 Å². The van der Waals surface area contributed by atoms with Gasteiger partial charge in [-0.15, -0.1) is 0 Å². The number of aliphatic hydroxyl groups excluding tert-OH is 1. The third-order valence-electron chi connectivity index (χ3n) is 4.48. The van der Waals surface area contributed by atoms with Gasteiger partial charge in [0.15, 0.2) is 0 Å². The van der Waals surface area contributed by atoms with Crippen molar-refractivity contribution in [3.63, 3.8) is 0 Å². The van der Waals surface area contributed by atoms with Crippen LogP contribution < -0.4 is 15.8 Å². The highest BCUT2D eigenvalue weighted by atomic mass is 19.1. The van der Waals surface area contributed by atoms with E-state index in [1.165, 1.54) is 11.1 Å². The van der Waals surface area contributed by atoms with Crippen molar-refractivity contribution in [1.29, 1.82) is 0 Å². The molecule has 0 saturated carbocycles. The summed E-state index contributed by atoms with van der Waals surface area (Å²) in [5.74, 6) is -1.38. The lowest BCUT2D eigenvalue weighted by atomic mass is 10.1. The fourth-order valence-corrected chi connectivity index (χ4v) is 3.10. The minimum absolute atomic E-state index is 0.0347. The van der Waals surface area contributed by atoms with Crippen LogP contribution in [0.3, 0.4) is 0 Å². The Hall–Kier alpha value is -2.02. The molecule has 4 nitrogen and oxygen atoms in total. The highest BCUT2D eigenvalue weighted by molar-refractivity contribution is 5.34. The molecule has 0 radical (unpaired) electrons. The Bertz CT molecular complexity index is 706. The lowest BCUT2D eigenvalue weighted by Crippen LogP contribution is -2.45. The topological polar surface area (TPSA) is 67.5 Å². The molecule has 0 aromatic heterocycles. The molecule has 1 aliphatic rings. The molecular weight excluding hydrogens is 326 g/mol. The summed E-state index contributed by atoms with van der Waals surface area (Å²) in [6.07, 6.45) is 1.18. The molecule has 0 spiro atoms. The van der Waals surface area contributed by atoms with Crippen LogP contribution in [0, 0.1) is 11.6 Å². The van der Waals surface area contributed by atoms with Crippen LogP contribution in [-0.4, -0.2) is 30.4 Å². The molecule has 0 fully saturated rings. The average molecular weight is 348 g/mol. The second kappa shape index (κ2) is 7.91. The van der Waals surface area contributed by atoms with Crippen molar-refractivity contribution in [2.75, 3.05) is 13.2 Å². The molecule has 3 rings (SSSR count). The SMILES string of the molecule is NC(COc1cc(F)cc(F)c1)C(O)CNC1CCc2ccccc21. The van der Waals surface area contributed by atoms with Crippen molar-refractivity contribution >= 4 is 0 Å². The second-order valence-corrected chi connectivity index (χ2v) is 6.35. The van der Waals surface area contributed by atoms with E-state index < -0.39 is 23.8 Å². The van der Waals surface area contributed by atoms with Gasteiger partial charge >= 0.3 is 0 Å². The molecule has 1 aliphatic carbocycles. The highest BCUT2D eigenvalue weighted by Crippen LogP contribution is 2.30. The van der Waals surface area contributed by atoms with Crippen LogP contribution in [0.4, 0.5) is 8.78 Å². The fourth-order valence-electron chi connectivity index (χ4n) is 3.10. The van der Waals surface area contributed by atoms with Gasteiger partial charge in [0.1, 0.15) is 24.0 Å². The number of hydrogen-bond acceptors (Lipinski definition) is 4. The molecular formula is C19H22F2N2O2. The Balaban J connectivity index is 1.47. The number of aliphatic hydroxyl groups is 1. The van der Waals surface area contributed by atoms with Gasteiger partial charge in [-0.3, -0.25) is 0 Å². The molecule has 0 saturated heterocycles. The van der Waals surface area contributed by atoms with Gasteiger partial charge in [0.25, 0.3) is 0 Å². The van der Waals surface area contributed by atoms with E-state index in [0.29, 0.717) is 6.54 Å². The Labute approximate surface area is 145 Å². The minimum atomic E-state index is -0.828. The van der Waals surface area contributed by atoms with E-state index in [2.05, 4.69) is 17.4 Å². The first kappa shape index (κ1) is 17.8. The maximum absolute atomic E-state index is 13.1. The molecule has 4 N–H and O–H groups in total. The summed E-state index contributed by atoms with van der Waals surface area (Å²) in [6, 6.07) is 10.7. The summed E-state index contributed by atoms with van der Waals surface area (Å²) in [4.78, 5) is 0. The number of ether oxygens (including phenoxy) is 1. The number of benzene rings is 2. The zero-order valence-electron chi connectivity index (χ0n) is 13.8. The molecule has 0 aliphatic heterocycles. The number of halogens is 2. The Morgan fingerprint density at radius 2 is 1.92 bits per heavy atom. The van der Waals surface area contributed by atoms with Gasteiger partial charge in [-0.1, -0.05) is 24.3 Å². The first-order valence-corrected chi connectivity index (χ1v) is 8.36. The van der Waals surface area contributed by atoms with Crippen molar-refractivity contribution in [3.8, 4) is 5.75 Å². The molecule has 2 aromatic carbocycles. The smallest absolute Gasteiger partial charge is 0.129 e. The standard InChI is InChI=1S/C19H22F2N2O2/c20-13-7-14(21)9-15(8-13)25-11-17(22)19(24)10-23-18-6-5-12-3-1-2-4-16(12)18/h1-4,7-9,17-19,23-24H,5-6,10-11,22H2. The molecule has 0 heterocycles. The molecule has 2 aromatic rings. The highest BCUT2D eigenvalue weighted by Gasteiger charge is 2.23. The summed E-state index contributed by atoms with van der Waals surface area (Å²) in [5, 5.41) is 13.5. The average Bonchev–Trinajstić information content (AvgIpc) is 3.00. The molecule has 3 unspecified atom stereocenters. The number of aryl methyl sites for hydroxylation is 1. The van der Waals surface area contributed by atoms with E-state index in [-0.39, 0.29) is 18.4 Å². The number of rotatable bonds is 7. The van der Waals surface area contributed by atoms with Gasteiger partial charge < -0.3 is 20.9 Å². The van der Waals surface area contributed by atoms with Gasteiger partial charge in [-0.25, -0.2) is 8.78 Å². The number of hydrogen-bond donors (Lipinski definition) is 3. The normalized spacial score (nSPS) is 18.6. The van der Waals surface area contributed by atoms with Gasteiger partial charge in [-0.05, 0) is 24.0 Å². The largest absolute Gasteiger partial charge is 0.492 e. The second-order valence-electron chi connectivity index (χ2n) is 6.35. The van der Waals surface area contributed by atoms with E-state index in [1.807, 2.05) is 12.1 Å². The van der Waals surface area contributed by atoms with Crippen LogP contribution in [0.1, 0.15) is 23.6 Å². The summed E-state index contributed by atoms with van der Waals surface area (Å²) in [5.41, 5.74) is 8.51. The molecule has 134 valence electrons. The first-order valence-electron chi connectivity index (χ1n) is 8.36. The Morgan fingerprint density at radius 1 is 1.20 bits per heavy atom. The van der Waals surface area contributed by atoms with E-state index >= 15 is 0 Å². The van der Waals surface area contributed by atoms with Gasteiger partial charge in [0.2, 0.25) is 0 Å². The van der Waals surface area contributed by atoms with Crippen molar-refractivity contribution < 1.29 is 18.6 Å². The summed E-state index contributed by atoms with van der Waals surface area (Å²) >= 11 is 0. The molecule has 0 amide bonds. The quantitative estimate of drug-likeness (QED) is 0.718. The molecule has 0 bridgehead atoms. The van der Waals surface area contributed by atoms with Crippen molar-refractivity contribution in [1.82, 2.24) is 5.32 Å². The van der Waals surface area contributed by atoms with Crippen LogP contribution in [0.5, 0.6) is 5.75 Å². The predicted molar refractivity (Wildman–Crippen MR) is 91.3 cm³/mol. The van der Waals surface area contributed by atoms with Crippen LogP contribution in [-0.2, 0) is 6.42 Å². The van der Waals surface area contributed by atoms with Crippen molar-refractivity contribution in [3.05, 3.63) is 65.2 Å². The van der Waals surface area contributed by atoms with E-state index in [0.717, 1.165) is 31.0 Å². The zero-order valence-corrected chi connectivity index (χ0v) is 13.8. The van der Waals surface area contributed by atoms with E-state index in [1.54, 1.807) is 0 Å². The number of fused-ring (bicyclic) bond motifs is 1. The monoisotopic (exact) mass is 348 g/mol. The maximum atomic E-state index is 13.1. The number of nitrogens with one attached hydrogen (secondary N) is 1. The molecule has 6 heteroatoms. The van der Waals surface area contributed by atoms with Crippen molar-refractivity contribution in [2.45, 2.75) is 31.0 Å². The molecule has 25 heavy (non-hydrogen) atoms. The fraction of sp³-hybridized carbons (Fsp3) is 0.368. The minimum Gasteiger partial charge on any atom is -0.492 e. The predicted octanol–water partition coefficient (Wildman–Crippen LogP) is 2.31. The van der Waals surface area contributed by atoms with Crippen LogP contribution in [0.2, 0.25) is 0 Å². The first-order chi connectivity index (χ1) is 12.0. The van der Waals surface area contributed by atoms with Gasteiger partial charge in [0, 0.05) is 30.8 Å². The van der Waals surface area contributed by atoms with E-state index in [9.17, 15) is 13.9 Å². The van der Waals surface area contributed by atoms with Gasteiger partial charge in [-0.2, -0.15) is 0 Å². The van der Waals surface area contributed by atoms with E-state index in [4.69, 9.17) is 10.5 Å². The van der Waals surface area contributed by atoms with Crippen molar-refractivity contribution in [2.24, 2.45) is 5.73 Å². The van der Waals surface area contributed by atoms with Gasteiger partial charge in [0.05, 0.1) is 12.1 Å². The lowest BCUT2D eigenvalue weighted by molar-refractivity contribution is 0.111. The summed E-state index contributed by atoms with van der Waals surface area (Å²) in [7, 11) is 0. The zero-order chi connectivity index (χ0) is 17.8.